The highest BCUT2D eigenvalue weighted by molar-refractivity contribution is 6.04. The van der Waals surface area contributed by atoms with Gasteiger partial charge in [-0.05, 0) is 91.5 Å². The molecule has 0 amide bonds. The summed E-state index contributed by atoms with van der Waals surface area (Å²) < 4.78 is 0. The Morgan fingerprint density at radius 3 is 2.15 bits per heavy atom. The van der Waals surface area contributed by atoms with Crippen LogP contribution >= 0.6 is 0 Å². The number of allylic oxidation sites excluding steroid dienone is 1. The molecule has 1 heteroatoms. The molecule has 0 aliphatic heterocycles. The Bertz CT molecular complexity index is 1870. The summed E-state index contributed by atoms with van der Waals surface area (Å²) in [7, 11) is 0. The minimum absolute atomic E-state index is 0.472. The molecule has 1 aliphatic rings. The molecule has 5 aromatic carbocycles. The molecule has 6 aromatic rings. The lowest BCUT2D eigenvalue weighted by molar-refractivity contribution is 0.763. The lowest BCUT2D eigenvalue weighted by Gasteiger charge is -2.33. The second kappa shape index (κ2) is 9.63. The molecule has 1 aliphatic carbocycles. The normalized spacial score (nSPS) is 15.7. The Morgan fingerprint density at radius 1 is 0.650 bits per heavy atom. The molecule has 0 saturated carbocycles. The van der Waals surface area contributed by atoms with Gasteiger partial charge in [0.1, 0.15) is 0 Å². The van der Waals surface area contributed by atoms with E-state index in [1.54, 1.807) is 0 Å². The molecule has 0 spiro atoms. The van der Waals surface area contributed by atoms with Crippen LogP contribution < -0.4 is 0 Å². The molecule has 0 bridgehead atoms. The van der Waals surface area contributed by atoms with Crippen molar-refractivity contribution in [1.82, 2.24) is 4.98 Å². The number of rotatable bonds is 5. The second-order valence-electron chi connectivity index (χ2n) is 10.3. The minimum Gasteiger partial charge on any atom is -0.264 e. The molecule has 7 rings (SSSR count). The third-order valence-corrected chi connectivity index (χ3v) is 8.33. The molecule has 1 unspecified atom stereocenters. The summed E-state index contributed by atoms with van der Waals surface area (Å²) in [6.07, 6.45) is 10.1. The van der Waals surface area contributed by atoms with E-state index in [0.717, 1.165) is 0 Å². The van der Waals surface area contributed by atoms with Gasteiger partial charge in [-0.1, -0.05) is 122 Å². The van der Waals surface area contributed by atoms with Gasteiger partial charge in [-0.2, -0.15) is 0 Å². The first kappa shape index (κ1) is 24.1. The van der Waals surface area contributed by atoms with Gasteiger partial charge in [0.05, 0.1) is 5.41 Å². The summed E-state index contributed by atoms with van der Waals surface area (Å²) in [5.41, 5.74) is 11.8. The summed E-state index contributed by atoms with van der Waals surface area (Å²) in [5, 5.41) is 2.45. The van der Waals surface area contributed by atoms with Gasteiger partial charge < -0.3 is 0 Å². The van der Waals surface area contributed by atoms with E-state index in [1.807, 2.05) is 18.5 Å². The van der Waals surface area contributed by atoms with Crippen LogP contribution in [0.2, 0.25) is 0 Å². The van der Waals surface area contributed by atoms with E-state index < -0.39 is 5.41 Å². The fourth-order valence-electron chi connectivity index (χ4n) is 6.71. The molecule has 1 atom stereocenters. The van der Waals surface area contributed by atoms with Crippen molar-refractivity contribution in [2.45, 2.75) is 12.3 Å². The Labute approximate surface area is 235 Å². The predicted octanol–water partition coefficient (Wildman–Crippen LogP) is 9.94. The quantitative estimate of drug-likeness (QED) is 0.224. The molecular weight excluding hydrogens is 482 g/mol. The number of nitrogens with zero attached hydrogens (tertiary/aromatic N) is 1. The number of aromatic nitrogens is 1. The van der Waals surface area contributed by atoms with Crippen LogP contribution in [0.25, 0.3) is 45.2 Å². The zero-order valence-electron chi connectivity index (χ0n) is 22.5. The third kappa shape index (κ3) is 3.45. The van der Waals surface area contributed by atoms with Crippen molar-refractivity contribution in [3.63, 3.8) is 0 Å². The fraction of sp³-hybridized carbons (Fsp3) is 0.0513. The zero-order valence-corrected chi connectivity index (χ0v) is 22.5. The lowest BCUT2D eigenvalue weighted by atomic mass is 9.68. The monoisotopic (exact) mass is 511 g/mol. The average Bonchev–Trinajstić information content (AvgIpc) is 3.32. The first-order valence-electron chi connectivity index (χ1n) is 13.8. The van der Waals surface area contributed by atoms with Crippen LogP contribution in [0.3, 0.4) is 0 Å². The molecule has 0 saturated heterocycles. The first-order chi connectivity index (χ1) is 19.8. The van der Waals surface area contributed by atoms with Gasteiger partial charge in [0.15, 0.2) is 0 Å². The Kier molecular flexibility index (Phi) is 5.79. The van der Waals surface area contributed by atoms with Crippen LogP contribution in [0.5, 0.6) is 0 Å². The smallest absolute Gasteiger partial charge is 0.0728 e. The first-order valence-corrected chi connectivity index (χ1v) is 13.8. The number of benzene rings is 5. The Balaban J connectivity index is 1.59. The van der Waals surface area contributed by atoms with Crippen LogP contribution in [0, 0.1) is 0 Å². The van der Waals surface area contributed by atoms with E-state index in [9.17, 15) is 0 Å². The number of pyridine rings is 1. The van der Waals surface area contributed by atoms with Crippen molar-refractivity contribution in [2.75, 3.05) is 0 Å². The van der Waals surface area contributed by atoms with Crippen molar-refractivity contribution in [3.8, 4) is 22.3 Å². The van der Waals surface area contributed by atoms with Gasteiger partial charge in [-0.25, -0.2) is 0 Å². The maximum absolute atomic E-state index is 4.60. The van der Waals surface area contributed by atoms with Gasteiger partial charge in [0.25, 0.3) is 0 Å². The molecule has 190 valence electrons. The van der Waals surface area contributed by atoms with Crippen LogP contribution in [0.1, 0.15) is 40.3 Å². The van der Waals surface area contributed by atoms with E-state index in [2.05, 4.69) is 146 Å². The van der Waals surface area contributed by atoms with Gasteiger partial charge in [0.2, 0.25) is 0 Å². The van der Waals surface area contributed by atoms with Gasteiger partial charge >= 0.3 is 0 Å². The minimum atomic E-state index is -0.472. The summed E-state index contributed by atoms with van der Waals surface area (Å²) in [6.45, 7) is 6.21. The highest BCUT2D eigenvalue weighted by atomic mass is 14.6. The molecule has 0 N–H and O–H groups in total. The number of fused-ring (bicyclic) bond motifs is 4. The molecule has 0 radical (unpaired) electrons. The van der Waals surface area contributed by atoms with Gasteiger partial charge in [-0.15, -0.1) is 0 Å². The van der Waals surface area contributed by atoms with Crippen LogP contribution in [-0.4, -0.2) is 4.98 Å². The van der Waals surface area contributed by atoms with E-state index in [4.69, 9.17) is 0 Å². The molecule has 40 heavy (non-hydrogen) atoms. The maximum Gasteiger partial charge on any atom is 0.0728 e. The standard InChI is InChI=1S/C39H29N/c1-3-13-27-24-36(33-18-9-8-17-32(33)31(27)4-2)28-21-22-35-34-19-10-11-20-37(34)39(38(35)25-28,29-14-6-5-7-15-29)30-16-12-23-40-26-30/h3-26H,2H2,1H3/b13-3-. The van der Waals surface area contributed by atoms with Crippen molar-refractivity contribution in [1.29, 1.82) is 0 Å². The summed E-state index contributed by atoms with van der Waals surface area (Å²) in [6, 6.07) is 42.0. The number of hydrogen-bond acceptors (Lipinski definition) is 1. The van der Waals surface area contributed by atoms with E-state index in [0.29, 0.717) is 0 Å². The summed E-state index contributed by atoms with van der Waals surface area (Å²) >= 11 is 0. The molecule has 1 heterocycles. The Hall–Kier alpha value is -5.01. The summed E-state index contributed by atoms with van der Waals surface area (Å²) in [4.78, 5) is 4.60. The highest BCUT2D eigenvalue weighted by Gasteiger charge is 2.46. The topological polar surface area (TPSA) is 12.9 Å². The Morgan fingerprint density at radius 2 is 1.38 bits per heavy atom. The van der Waals surface area contributed by atoms with Crippen molar-refractivity contribution < 1.29 is 0 Å². The fourth-order valence-corrected chi connectivity index (χ4v) is 6.71. The highest BCUT2D eigenvalue weighted by Crippen LogP contribution is 2.56. The van der Waals surface area contributed by atoms with E-state index in [1.165, 1.54) is 66.4 Å². The van der Waals surface area contributed by atoms with Gasteiger partial charge in [-0.3, -0.25) is 4.98 Å². The van der Waals surface area contributed by atoms with Crippen molar-refractivity contribution in [3.05, 3.63) is 174 Å². The van der Waals surface area contributed by atoms with Crippen LogP contribution in [0.4, 0.5) is 0 Å². The average molecular weight is 512 g/mol. The molecule has 1 nitrogen and oxygen atoms in total. The molecule has 1 aromatic heterocycles. The zero-order chi connectivity index (χ0) is 27.1. The third-order valence-electron chi connectivity index (χ3n) is 8.33. The van der Waals surface area contributed by atoms with Crippen molar-refractivity contribution >= 4 is 22.9 Å². The predicted molar refractivity (Wildman–Crippen MR) is 169 cm³/mol. The van der Waals surface area contributed by atoms with E-state index in [-0.39, 0.29) is 0 Å². The largest absolute Gasteiger partial charge is 0.264 e. The summed E-state index contributed by atoms with van der Waals surface area (Å²) in [5.74, 6) is 0. The van der Waals surface area contributed by atoms with Crippen LogP contribution in [0.15, 0.2) is 140 Å². The van der Waals surface area contributed by atoms with Gasteiger partial charge in [0, 0.05) is 12.4 Å². The van der Waals surface area contributed by atoms with Crippen molar-refractivity contribution in [2.24, 2.45) is 0 Å². The lowest BCUT2D eigenvalue weighted by Crippen LogP contribution is -2.28. The van der Waals surface area contributed by atoms with Crippen LogP contribution in [-0.2, 0) is 5.41 Å². The maximum atomic E-state index is 4.60. The molecular formula is C39H29N. The van der Waals surface area contributed by atoms with E-state index >= 15 is 0 Å². The second-order valence-corrected chi connectivity index (χ2v) is 10.3. The SMILES string of the molecule is C=Cc1c(/C=C\C)cc(-c2ccc3c(c2)C(c2ccccc2)(c2cccnc2)c2ccccc2-3)c2ccccc12. The molecule has 0 fully saturated rings. The number of hydrogen-bond donors (Lipinski definition) is 0.